The van der Waals surface area contributed by atoms with Gasteiger partial charge in [0.25, 0.3) is 0 Å². The van der Waals surface area contributed by atoms with Gasteiger partial charge in [-0.05, 0) is 12.8 Å². The largest absolute Gasteiger partial charge is 0.345 e. The lowest BCUT2D eigenvalue weighted by Crippen LogP contribution is -2.58. The van der Waals surface area contributed by atoms with Crippen molar-refractivity contribution in [3.63, 3.8) is 0 Å². The highest BCUT2D eigenvalue weighted by Gasteiger charge is 1.78. The molecule has 0 unspecified atom stereocenters. The summed E-state index contributed by atoms with van der Waals surface area (Å²) in [4.78, 5) is 0. The van der Waals surface area contributed by atoms with Crippen molar-refractivity contribution in [2.45, 2.75) is 13.0 Å². The predicted octanol–water partition coefficient (Wildman–Crippen LogP) is -0.750. The van der Waals surface area contributed by atoms with Crippen LogP contribution in [0.5, 0.6) is 0 Å². The van der Waals surface area contributed by atoms with Crippen LogP contribution in [0.4, 0.5) is 0 Å². The molecule has 0 heterocycles. The Balaban J connectivity index is 2.94. The Morgan fingerprint density at radius 3 is 2.20 bits per heavy atom. The molecule has 0 aliphatic carbocycles. The van der Waals surface area contributed by atoms with E-state index in [0.717, 1.165) is 0 Å². The van der Waals surface area contributed by atoms with E-state index in [-0.39, 0.29) is 6.04 Å². The zero-order valence-corrected chi connectivity index (χ0v) is 3.36. The van der Waals surface area contributed by atoms with E-state index in [9.17, 15) is 0 Å². The molecular formula is C4H8N+. The molecule has 0 aliphatic heterocycles. The van der Waals surface area contributed by atoms with Crippen molar-refractivity contribution in [3.8, 4) is 12.3 Å². The van der Waals surface area contributed by atoms with E-state index in [4.69, 9.17) is 6.42 Å². The smallest absolute Gasteiger partial charge is 0.143 e. The van der Waals surface area contributed by atoms with Crippen LogP contribution in [0.1, 0.15) is 6.92 Å². The molecule has 1 atom stereocenters. The normalized spacial score (nSPS) is 13.0. The Labute approximate surface area is 32.2 Å². The zero-order valence-electron chi connectivity index (χ0n) is 3.36. The van der Waals surface area contributed by atoms with Crippen LogP contribution in [-0.4, -0.2) is 6.04 Å². The van der Waals surface area contributed by atoms with Crippen molar-refractivity contribution >= 4 is 0 Å². The highest BCUT2D eigenvalue weighted by Crippen LogP contribution is 1.55. The molecule has 0 amide bonds. The van der Waals surface area contributed by atoms with Crippen molar-refractivity contribution in [2.75, 3.05) is 0 Å². The third kappa shape index (κ3) is 3.52. The number of rotatable bonds is 0. The summed E-state index contributed by atoms with van der Waals surface area (Å²) < 4.78 is 0. The lowest BCUT2D eigenvalue weighted by atomic mass is 10.4. The van der Waals surface area contributed by atoms with E-state index in [1.807, 2.05) is 6.92 Å². The number of hydrogen-bond donors (Lipinski definition) is 1. The maximum absolute atomic E-state index is 4.86. The van der Waals surface area contributed by atoms with Crippen LogP contribution < -0.4 is 5.73 Å². The van der Waals surface area contributed by atoms with E-state index in [0.29, 0.717) is 0 Å². The van der Waals surface area contributed by atoms with Gasteiger partial charge in [0.05, 0.1) is 0 Å². The molecule has 0 rings (SSSR count). The number of quaternary nitrogens is 1. The summed E-state index contributed by atoms with van der Waals surface area (Å²) in [7, 11) is 0. The average molecular weight is 70.1 g/mol. The van der Waals surface area contributed by atoms with Gasteiger partial charge in [0.2, 0.25) is 0 Å². The van der Waals surface area contributed by atoms with E-state index in [2.05, 4.69) is 11.7 Å². The third-order valence-electron chi connectivity index (χ3n) is 0.285. The maximum atomic E-state index is 4.86. The molecule has 0 saturated heterocycles. The van der Waals surface area contributed by atoms with Gasteiger partial charge in [-0.1, -0.05) is 0 Å². The van der Waals surface area contributed by atoms with Gasteiger partial charge in [0.15, 0.2) is 0 Å². The third-order valence-corrected chi connectivity index (χ3v) is 0.285. The fourth-order valence-corrected chi connectivity index (χ4v) is 0. The van der Waals surface area contributed by atoms with E-state index in [1.165, 1.54) is 0 Å². The molecule has 3 N–H and O–H groups in total. The molecule has 0 fully saturated rings. The predicted molar refractivity (Wildman–Crippen MR) is 21.2 cm³/mol. The fraction of sp³-hybridized carbons (Fsp3) is 0.500. The van der Waals surface area contributed by atoms with Crippen molar-refractivity contribution < 1.29 is 5.73 Å². The Bertz CT molecular complexity index is 49.2. The molecule has 28 valence electrons. The molecule has 1 heteroatoms. The van der Waals surface area contributed by atoms with Gasteiger partial charge in [0.1, 0.15) is 6.04 Å². The molecule has 0 aromatic carbocycles. The molecule has 5 heavy (non-hydrogen) atoms. The van der Waals surface area contributed by atoms with Crippen LogP contribution in [0.2, 0.25) is 0 Å². The van der Waals surface area contributed by atoms with Crippen LogP contribution in [0.3, 0.4) is 0 Å². The summed E-state index contributed by atoms with van der Waals surface area (Å²) in [6.07, 6.45) is 4.86. The number of hydrogen-bond acceptors (Lipinski definition) is 0. The molecule has 1 nitrogen and oxygen atoms in total. The van der Waals surface area contributed by atoms with Gasteiger partial charge < -0.3 is 5.73 Å². The molecule has 0 aromatic heterocycles. The quantitative estimate of drug-likeness (QED) is 0.363. The van der Waals surface area contributed by atoms with E-state index < -0.39 is 0 Å². The summed E-state index contributed by atoms with van der Waals surface area (Å²) in [5, 5.41) is 0. The minimum atomic E-state index is 0.162. The minimum absolute atomic E-state index is 0.162. The first-order valence-electron chi connectivity index (χ1n) is 1.56. The Kier molecular flexibility index (Phi) is 1.63. The van der Waals surface area contributed by atoms with Gasteiger partial charge in [-0.25, -0.2) is 0 Å². The summed E-state index contributed by atoms with van der Waals surface area (Å²) in [6, 6.07) is 0.162. The minimum Gasteiger partial charge on any atom is -0.345 e. The molecule has 0 aliphatic rings. The van der Waals surface area contributed by atoms with E-state index >= 15 is 0 Å². The lowest BCUT2D eigenvalue weighted by Gasteiger charge is -1.77. The van der Waals surface area contributed by atoms with Crippen LogP contribution in [0.25, 0.3) is 0 Å². The van der Waals surface area contributed by atoms with Crippen molar-refractivity contribution in [1.82, 2.24) is 0 Å². The standard InChI is InChI=1S/C4H7N/c1-3-4(2)5/h1,4H,5H2,2H3/p+1/t4-/m1/s1. The average Bonchev–Trinajstić information content (AvgIpc) is 1.38. The van der Waals surface area contributed by atoms with Crippen LogP contribution in [0.15, 0.2) is 0 Å². The Morgan fingerprint density at radius 2 is 2.20 bits per heavy atom. The molecule has 0 bridgehead atoms. The Morgan fingerprint density at radius 1 is 2.00 bits per heavy atom. The lowest BCUT2D eigenvalue weighted by molar-refractivity contribution is -0.393. The fourth-order valence-electron chi connectivity index (χ4n) is 0. The van der Waals surface area contributed by atoms with E-state index in [1.54, 1.807) is 0 Å². The van der Waals surface area contributed by atoms with Gasteiger partial charge in [-0.3, -0.25) is 0 Å². The summed E-state index contributed by atoms with van der Waals surface area (Å²) in [5.74, 6) is 2.42. The van der Waals surface area contributed by atoms with Gasteiger partial charge in [-0.15, -0.1) is 6.42 Å². The summed E-state index contributed by atoms with van der Waals surface area (Å²) in [5.41, 5.74) is 3.52. The van der Waals surface area contributed by atoms with Gasteiger partial charge >= 0.3 is 0 Å². The first-order valence-corrected chi connectivity index (χ1v) is 1.56. The van der Waals surface area contributed by atoms with Crippen LogP contribution >= 0.6 is 0 Å². The van der Waals surface area contributed by atoms with Gasteiger partial charge in [-0.2, -0.15) is 0 Å². The van der Waals surface area contributed by atoms with Crippen molar-refractivity contribution in [1.29, 1.82) is 0 Å². The molecule has 0 radical (unpaired) electrons. The maximum Gasteiger partial charge on any atom is 0.143 e. The van der Waals surface area contributed by atoms with Crippen molar-refractivity contribution in [3.05, 3.63) is 0 Å². The monoisotopic (exact) mass is 70.1 g/mol. The second kappa shape index (κ2) is 1.80. The first kappa shape index (κ1) is 4.52. The topological polar surface area (TPSA) is 27.6 Å². The SMILES string of the molecule is C#C[C@@H](C)[NH3+]. The van der Waals surface area contributed by atoms with Crippen LogP contribution in [-0.2, 0) is 0 Å². The number of terminal acetylenes is 1. The molecule has 0 saturated carbocycles. The second-order valence-corrected chi connectivity index (χ2v) is 1.07. The second-order valence-electron chi connectivity index (χ2n) is 1.07. The molecular weight excluding hydrogens is 62.1 g/mol. The molecule has 0 aromatic rings. The van der Waals surface area contributed by atoms with Crippen molar-refractivity contribution in [2.24, 2.45) is 0 Å². The highest BCUT2D eigenvalue weighted by molar-refractivity contribution is 4.88. The van der Waals surface area contributed by atoms with Gasteiger partial charge in [0, 0.05) is 0 Å². The van der Waals surface area contributed by atoms with Crippen LogP contribution in [0, 0.1) is 12.3 Å². The Hall–Kier alpha value is -0.480. The first-order chi connectivity index (χ1) is 2.27. The zero-order chi connectivity index (χ0) is 4.28. The highest BCUT2D eigenvalue weighted by atomic mass is 14.6. The molecule has 0 spiro atoms. The summed E-state index contributed by atoms with van der Waals surface area (Å²) >= 11 is 0. The summed E-state index contributed by atoms with van der Waals surface area (Å²) in [6.45, 7) is 1.88.